The molecule has 4 aromatic rings. The molecule has 1 fully saturated rings. The van der Waals surface area contributed by atoms with Crippen LogP contribution >= 0.6 is 0 Å². The number of carbonyl (C=O) groups is 1. The van der Waals surface area contributed by atoms with Crippen molar-refractivity contribution < 1.29 is 9.53 Å². The Morgan fingerprint density at radius 1 is 1.17 bits per heavy atom. The van der Waals surface area contributed by atoms with Crippen LogP contribution in [0.2, 0.25) is 0 Å². The van der Waals surface area contributed by atoms with Gasteiger partial charge in [-0.3, -0.25) is 9.78 Å². The molecular weight excluding hydrogens is 364 g/mol. The summed E-state index contributed by atoms with van der Waals surface area (Å²) in [6, 6.07) is 14.4. The molecule has 6 nitrogen and oxygen atoms in total. The molecule has 146 valence electrons. The van der Waals surface area contributed by atoms with Gasteiger partial charge in [-0.05, 0) is 54.4 Å². The van der Waals surface area contributed by atoms with Crippen LogP contribution in [0.25, 0.3) is 33.1 Å². The summed E-state index contributed by atoms with van der Waals surface area (Å²) < 4.78 is 8.26. The van der Waals surface area contributed by atoms with Gasteiger partial charge in [-0.2, -0.15) is 0 Å². The summed E-state index contributed by atoms with van der Waals surface area (Å²) in [7, 11) is 2.03. The summed E-state index contributed by atoms with van der Waals surface area (Å²) in [6.07, 6.45) is 2.31. The number of pyridine rings is 1. The van der Waals surface area contributed by atoms with Crippen LogP contribution in [0.4, 0.5) is 0 Å². The molecule has 0 aliphatic carbocycles. The highest BCUT2D eigenvalue weighted by Crippen LogP contribution is 2.33. The molecule has 5 rings (SSSR count). The summed E-state index contributed by atoms with van der Waals surface area (Å²) in [5.41, 5.74) is 5.09. The fourth-order valence-electron chi connectivity index (χ4n) is 3.92. The first-order valence-electron chi connectivity index (χ1n) is 9.80. The maximum Gasteiger partial charge on any atom is 0.220 e. The van der Waals surface area contributed by atoms with E-state index < -0.39 is 0 Å². The van der Waals surface area contributed by atoms with Gasteiger partial charge in [0.2, 0.25) is 5.91 Å². The molecule has 0 bridgehead atoms. The minimum Gasteiger partial charge on any atom is -0.492 e. The molecular formula is C23H22N4O2. The van der Waals surface area contributed by atoms with E-state index in [9.17, 15) is 4.79 Å². The fourth-order valence-corrected chi connectivity index (χ4v) is 3.92. The van der Waals surface area contributed by atoms with E-state index in [1.54, 1.807) is 6.20 Å². The van der Waals surface area contributed by atoms with Crippen molar-refractivity contribution in [2.75, 3.05) is 13.2 Å². The number of aryl methyl sites for hydroxylation is 2. The van der Waals surface area contributed by atoms with Crippen molar-refractivity contribution in [1.82, 2.24) is 19.9 Å². The average molecular weight is 386 g/mol. The van der Waals surface area contributed by atoms with E-state index in [0.717, 1.165) is 44.6 Å². The number of nitrogens with zero attached hydrogens (tertiary/aromatic N) is 3. The molecule has 6 heteroatoms. The van der Waals surface area contributed by atoms with Gasteiger partial charge in [0.1, 0.15) is 11.6 Å². The second-order valence-electron chi connectivity index (χ2n) is 7.65. The highest BCUT2D eigenvalue weighted by Gasteiger charge is 2.22. The van der Waals surface area contributed by atoms with Crippen LogP contribution in [-0.2, 0) is 11.8 Å². The van der Waals surface area contributed by atoms with E-state index >= 15 is 0 Å². The maximum atomic E-state index is 11.5. The second-order valence-corrected chi connectivity index (χ2v) is 7.65. The van der Waals surface area contributed by atoms with Crippen LogP contribution in [-0.4, -0.2) is 33.6 Å². The zero-order valence-corrected chi connectivity index (χ0v) is 16.5. The first-order valence-corrected chi connectivity index (χ1v) is 9.80. The molecule has 1 saturated heterocycles. The third kappa shape index (κ3) is 3.20. The molecule has 1 amide bonds. The lowest BCUT2D eigenvalue weighted by molar-refractivity contribution is -0.119. The Labute approximate surface area is 168 Å². The third-order valence-electron chi connectivity index (χ3n) is 5.66. The Hall–Kier alpha value is -3.41. The number of hydrogen-bond acceptors (Lipinski definition) is 4. The zero-order chi connectivity index (χ0) is 20.0. The number of nitrogens with one attached hydrogen (secondary N) is 1. The van der Waals surface area contributed by atoms with E-state index in [2.05, 4.69) is 50.2 Å². The molecule has 3 heterocycles. The molecule has 0 radical (unpaired) electrons. The van der Waals surface area contributed by atoms with Crippen LogP contribution in [0.5, 0.6) is 5.75 Å². The van der Waals surface area contributed by atoms with Crippen molar-refractivity contribution in [3.63, 3.8) is 0 Å². The predicted molar refractivity (Wildman–Crippen MR) is 113 cm³/mol. The van der Waals surface area contributed by atoms with E-state index in [0.29, 0.717) is 19.6 Å². The van der Waals surface area contributed by atoms with Gasteiger partial charge in [-0.15, -0.1) is 0 Å². The number of imidazole rings is 1. The Morgan fingerprint density at radius 2 is 2.03 bits per heavy atom. The normalized spacial score (nSPS) is 16.5. The zero-order valence-electron chi connectivity index (χ0n) is 16.5. The molecule has 1 aliphatic rings. The molecule has 0 spiro atoms. The molecule has 1 aliphatic heterocycles. The Kier molecular flexibility index (Phi) is 4.19. The number of fused-ring (bicyclic) bond motifs is 2. The topological polar surface area (TPSA) is 69.0 Å². The monoisotopic (exact) mass is 386 g/mol. The van der Waals surface area contributed by atoms with Crippen molar-refractivity contribution >= 4 is 27.8 Å². The van der Waals surface area contributed by atoms with Gasteiger partial charge in [0.15, 0.2) is 0 Å². The van der Waals surface area contributed by atoms with Crippen LogP contribution in [0.15, 0.2) is 48.7 Å². The largest absolute Gasteiger partial charge is 0.492 e. The molecule has 2 aromatic carbocycles. The van der Waals surface area contributed by atoms with Gasteiger partial charge in [0.05, 0.1) is 23.2 Å². The van der Waals surface area contributed by atoms with E-state index in [4.69, 9.17) is 4.74 Å². The number of ether oxygens (including phenoxy) is 1. The lowest BCUT2D eigenvalue weighted by Gasteiger charge is -2.14. The van der Waals surface area contributed by atoms with Gasteiger partial charge in [-0.1, -0.05) is 6.07 Å². The summed E-state index contributed by atoms with van der Waals surface area (Å²) in [4.78, 5) is 20.7. The molecule has 2 aromatic heterocycles. The van der Waals surface area contributed by atoms with Crippen molar-refractivity contribution in [2.45, 2.75) is 13.3 Å². The summed E-state index contributed by atoms with van der Waals surface area (Å²) >= 11 is 0. The average Bonchev–Trinajstić information content (AvgIpc) is 3.28. The van der Waals surface area contributed by atoms with Gasteiger partial charge in [0, 0.05) is 37.5 Å². The maximum absolute atomic E-state index is 11.5. The Morgan fingerprint density at radius 3 is 2.86 bits per heavy atom. The third-order valence-corrected chi connectivity index (χ3v) is 5.66. The first-order chi connectivity index (χ1) is 14.1. The van der Waals surface area contributed by atoms with Crippen LogP contribution in [0.3, 0.4) is 0 Å². The summed E-state index contributed by atoms with van der Waals surface area (Å²) in [5, 5.41) is 3.84. The number of carbonyl (C=O) groups excluding carboxylic acids is 1. The Bertz CT molecular complexity index is 1240. The number of benzene rings is 2. The highest BCUT2D eigenvalue weighted by molar-refractivity contribution is 5.91. The number of aromatic nitrogens is 3. The predicted octanol–water partition coefficient (Wildman–Crippen LogP) is 3.61. The lowest BCUT2D eigenvalue weighted by atomic mass is 10.0. The summed E-state index contributed by atoms with van der Waals surface area (Å²) in [6.45, 7) is 3.18. The minimum atomic E-state index is 0.0952. The van der Waals surface area contributed by atoms with Gasteiger partial charge >= 0.3 is 0 Å². The van der Waals surface area contributed by atoms with Crippen molar-refractivity contribution in [3.8, 4) is 16.9 Å². The van der Waals surface area contributed by atoms with Gasteiger partial charge < -0.3 is 14.6 Å². The van der Waals surface area contributed by atoms with Crippen molar-refractivity contribution in [1.29, 1.82) is 0 Å². The van der Waals surface area contributed by atoms with E-state index in [-0.39, 0.29) is 11.8 Å². The first kappa shape index (κ1) is 17.7. The SMILES string of the molecule is Cc1nc2cc(-c3cc(OCC4CNC(=O)C4)c4cccnc4c3)ccc2n1C. The smallest absolute Gasteiger partial charge is 0.220 e. The standard InChI is InChI=1S/C23H22N4O2/c1-14-26-20-9-16(5-6-21(20)27(14)2)17-10-19-18(4-3-7-24-19)22(11-17)29-13-15-8-23(28)25-12-15/h3-7,9-11,15H,8,12-13H2,1-2H3,(H,25,28). The Balaban J connectivity index is 1.54. The van der Waals surface area contributed by atoms with Crippen molar-refractivity contribution in [2.24, 2.45) is 13.0 Å². The van der Waals surface area contributed by atoms with Gasteiger partial charge in [-0.25, -0.2) is 4.98 Å². The second kappa shape index (κ2) is 6.88. The number of rotatable bonds is 4. The molecule has 1 N–H and O–H groups in total. The lowest BCUT2D eigenvalue weighted by Crippen LogP contribution is -2.16. The molecule has 0 saturated carbocycles. The summed E-state index contributed by atoms with van der Waals surface area (Å²) in [5.74, 6) is 2.08. The molecule has 29 heavy (non-hydrogen) atoms. The fraction of sp³-hybridized carbons (Fsp3) is 0.261. The highest BCUT2D eigenvalue weighted by atomic mass is 16.5. The van der Waals surface area contributed by atoms with Crippen molar-refractivity contribution in [3.05, 3.63) is 54.5 Å². The van der Waals surface area contributed by atoms with Crippen LogP contribution < -0.4 is 10.1 Å². The quantitative estimate of drug-likeness (QED) is 0.582. The molecule has 1 atom stereocenters. The van der Waals surface area contributed by atoms with E-state index in [1.165, 1.54) is 0 Å². The van der Waals surface area contributed by atoms with Gasteiger partial charge in [0.25, 0.3) is 0 Å². The van der Waals surface area contributed by atoms with E-state index in [1.807, 2.05) is 26.1 Å². The molecule has 1 unspecified atom stereocenters. The number of amides is 1. The number of hydrogen-bond donors (Lipinski definition) is 1. The minimum absolute atomic E-state index is 0.0952. The van der Waals surface area contributed by atoms with Crippen LogP contribution in [0, 0.1) is 12.8 Å². The van der Waals surface area contributed by atoms with Crippen LogP contribution in [0.1, 0.15) is 12.2 Å².